The number of hydrogen-bond acceptors (Lipinski definition) is 4. The SMILES string of the molecule is c1ccc2n/c(=N\c3nc4ccccc4s3)n(C3CCCCC3)c-2cc1. The Hall–Kier alpha value is -2.53. The van der Waals surface area contributed by atoms with Crippen molar-refractivity contribution in [3.8, 4) is 11.4 Å². The molecule has 1 aliphatic heterocycles. The molecule has 0 spiro atoms. The second-order valence-corrected chi connectivity index (χ2v) is 7.84. The topological polar surface area (TPSA) is 43.1 Å². The first-order valence-corrected chi connectivity index (χ1v) is 10.1. The first kappa shape index (κ1) is 15.7. The van der Waals surface area contributed by atoms with Gasteiger partial charge in [-0.15, -0.1) is 0 Å². The zero-order valence-electron chi connectivity index (χ0n) is 14.5. The molecule has 0 saturated heterocycles. The number of benzene rings is 1. The van der Waals surface area contributed by atoms with Gasteiger partial charge in [0.25, 0.3) is 0 Å². The van der Waals surface area contributed by atoms with Crippen molar-refractivity contribution in [2.24, 2.45) is 4.99 Å². The Morgan fingerprint density at radius 3 is 2.58 bits per heavy atom. The van der Waals surface area contributed by atoms with E-state index in [4.69, 9.17) is 9.98 Å². The molecule has 0 unspecified atom stereocenters. The predicted molar refractivity (Wildman–Crippen MR) is 106 cm³/mol. The van der Waals surface area contributed by atoms with Gasteiger partial charge in [-0.05, 0) is 37.1 Å². The van der Waals surface area contributed by atoms with Gasteiger partial charge in [0.2, 0.25) is 10.7 Å². The monoisotopic (exact) mass is 360 g/mol. The largest absolute Gasteiger partial charge is 0.305 e. The molecule has 1 saturated carbocycles. The van der Waals surface area contributed by atoms with E-state index in [9.17, 15) is 0 Å². The quantitative estimate of drug-likeness (QED) is 0.484. The maximum Gasteiger partial charge on any atom is 0.233 e. The normalized spacial score (nSPS) is 16.5. The minimum Gasteiger partial charge on any atom is -0.305 e. The first-order chi connectivity index (χ1) is 12.9. The molecule has 130 valence electrons. The van der Waals surface area contributed by atoms with E-state index in [1.165, 1.54) is 37.8 Å². The Balaban J connectivity index is 1.71. The average molecular weight is 360 g/mol. The minimum absolute atomic E-state index is 0.476. The highest BCUT2D eigenvalue weighted by Crippen LogP contribution is 2.32. The standard InChI is InChI=1S/C21H20N4S/c1-3-9-15(10-4-1)25-18-13-6-2-5-11-16(18)22-20(25)24-21-23-17-12-7-8-14-19(17)26-21/h2,5-8,11-15H,1,3-4,9-10H2/b24-20+. The van der Waals surface area contributed by atoms with Crippen LogP contribution >= 0.6 is 11.3 Å². The summed E-state index contributed by atoms with van der Waals surface area (Å²) in [5.41, 5.74) is 3.96. The Bertz CT molecular complexity index is 1060. The van der Waals surface area contributed by atoms with Gasteiger partial charge < -0.3 is 4.57 Å². The van der Waals surface area contributed by atoms with Crippen molar-refractivity contribution >= 4 is 26.7 Å². The summed E-state index contributed by atoms with van der Waals surface area (Å²) in [5.74, 6) is 0. The lowest BCUT2D eigenvalue weighted by Crippen LogP contribution is -2.25. The molecule has 1 aromatic carbocycles. The minimum atomic E-state index is 0.476. The van der Waals surface area contributed by atoms with Crippen LogP contribution in [0.5, 0.6) is 0 Å². The molecule has 0 atom stereocenters. The van der Waals surface area contributed by atoms with E-state index in [1.807, 2.05) is 24.3 Å². The molecule has 5 heteroatoms. The maximum atomic E-state index is 4.87. The summed E-state index contributed by atoms with van der Waals surface area (Å²) in [5, 5.41) is 0.781. The lowest BCUT2D eigenvalue weighted by atomic mass is 9.95. The predicted octanol–water partition coefficient (Wildman–Crippen LogP) is 5.34. The van der Waals surface area contributed by atoms with Gasteiger partial charge in [-0.3, -0.25) is 0 Å². The molecule has 5 rings (SSSR count). The number of imidazole rings is 1. The van der Waals surface area contributed by atoms with E-state index in [-0.39, 0.29) is 0 Å². The van der Waals surface area contributed by atoms with Crippen LogP contribution in [0.25, 0.3) is 21.6 Å². The van der Waals surface area contributed by atoms with E-state index in [0.29, 0.717) is 6.04 Å². The van der Waals surface area contributed by atoms with Gasteiger partial charge in [0, 0.05) is 6.04 Å². The highest BCUT2D eigenvalue weighted by molar-refractivity contribution is 7.21. The van der Waals surface area contributed by atoms with Crippen molar-refractivity contribution in [3.05, 3.63) is 60.2 Å². The van der Waals surface area contributed by atoms with Crippen LogP contribution in [0.3, 0.4) is 0 Å². The number of thiazole rings is 1. The summed E-state index contributed by atoms with van der Waals surface area (Å²) in [7, 11) is 0. The van der Waals surface area contributed by atoms with Crippen LogP contribution in [0.2, 0.25) is 0 Å². The zero-order valence-corrected chi connectivity index (χ0v) is 15.3. The fourth-order valence-corrected chi connectivity index (χ4v) is 4.70. The fraction of sp³-hybridized carbons (Fsp3) is 0.286. The van der Waals surface area contributed by atoms with Crippen molar-refractivity contribution in [1.29, 1.82) is 0 Å². The highest BCUT2D eigenvalue weighted by Gasteiger charge is 2.22. The summed E-state index contributed by atoms with van der Waals surface area (Å²) in [6.45, 7) is 0. The molecule has 2 aromatic rings. The van der Waals surface area contributed by atoms with E-state index < -0.39 is 0 Å². The molecule has 0 radical (unpaired) electrons. The van der Waals surface area contributed by atoms with Gasteiger partial charge in [0.05, 0.1) is 21.6 Å². The second kappa shape index (κ2) is 6.65. The molecule has 0 amide bonds. The molecule has 2 heterocycles. The molecule has 0 N–H and O–H groups in total. The third-order valence-corrected chi connectivity index (χ3v) is 6.04. The van der Waals surface area contributed by atoms with E-state index in [1.54, 1.807) is 11.3 Å². The smallest absolute Gasteiger partial charge is 0.233 e. The number of hydrogen-bond donors (Lipinski definition) is 0. The van der Waals surface area contributed by atoms with E-state index in [2.05, 4.69) is 39.9 Å². The van der Waals surface area contributed by atoms with Crippen LogP contribution in [0.15, 0.2) is 59.6 Å². The molecule has 1 fully saturated rings. The van der Waals surface area contributed by atoms with Gasteiger partial charge in [-0.2, -0.15) is 4.99 Å². The zero-order chi connectivity index (χ0) is 17.3. The first-order valence-electron chi connectivity index (χ1n) is 9.26. The van der Waals surface area contributed by atoms with Gasteiger partial charge >= 0.3 is 0 Å². The number of aromatic nitrogens is 3. The molecule has 26 heavy (non-hydrogen) atoms. The summed E-state index contributed by atoms with van der Waals surface area (Å²) in [4.78, 5) is 14.4. The lowest BCUT2D eigenvalue weighted by molar-refractivity contribution is 0.348. The molecule has 2 aliphatic carbocycles. The van der Waals surface area contributed by atoms with Gasteiger partial charge in [0.1, 0.15) is 0 Å². The van der Waals surface area contributed by atoms with Crippen molar-refractivity contribution in [2.75, 3.05) is 0 Å². The number of para-hydroxylation sites is 1. The number of fused-ring (bicyclic) bond motifs is 2. The second-order valence-electron chi connectivity index (χ2n) is 6.83. The molecular formula is C21H20N4S. The lowest BCUT2D eigenvalue weighted by Gasteiger charge is -2.24. The van der Waals surface area contributed by atoms with E-state index >= 15 is 0 Å². The van der Waals surface area contributed by atoms with Crippen molar-refractivity contribution in [1.82, 2.24) is 14.5 Å². The number of nitrogens with zero attached hydrogens (tertiary/aromatic N) is 4. The van der Waals surface area contributed by atoms with Crippen LogP contribution < -0.4 is 5.62 Å². The van der Waals surface area contributed by atoms with Gasteiger partial charge in [-0.1, -0.05) is 60.9 Å². The Kier molecular flexibility index (Phi) is 4.02. The maximum absolute atomic E-state index is 4.87. The Labute approximate surface area is 156 Å². The van der Waals surface area contributed by atoms with Crippen molar-refractivity contribution < 1.29 is 0 Å². The fourth-order valence-electron chi connectivity index (χ4n) is 3.87. The Morgan fingerprint density at radius 2 is 1.69 bits per heavy atom. The van der Waals surface area contributed by atoms with Crippen LogP contribution in [0.1, 0.15) is 38.1 Å². The molecule has 4 nitrogen and oxygen atoms in total. The number of rotatable bonds is 2. The molecule has 3 aliphatic rings. The van der Waals surface area contributed by atoms with Crippen LogP contribution in [-0.4, -0.2) is 14.5 Å². The van der Waals surface area contributed by atoms with E-state index in [0.717, 1.165) is 26.7 Å². The third kappa shape index (κ3) is 2.82. The Morgan fingerprint density at radius 1 is 0.885 bits per heavy atom. The van der Waals surface area contributed by atoms with Crippen LogP contribution in [-0.2, 0) is 0 Å². The molecule has 0 bridgehead atoms. The van der Waals surface area contributed by atoms with Gasteiger partial charge in [0.15, 0.2) is 0 Å². The van der Waals surface area contributed by atoms with Crippen molar-refractivity contribution in [2.45, 2.75) is 38.1 Å². The summed E-state index contributed by atoms with van der Waals surface area (Å²) in [6, 6.07) is 19.1. The summed E-state index contributed by atoms with van der Waals surface area (Å²) in [6.07, 6.45) is 6.30. The van der Waals surface area contributed by atoms with Crippen molar-refractivity contribution in [3.63, 3.8) is 0 Å². The van der Waals surface area contributed by atoms with Crippen LogP contribution in [0, 0.1) is 0 Å². The third-order valence-electron chi connectivity index (χ3n) is 5.11. The average Bonchev–Trinajstić information content (AvgIpc) is 3.15. The van der Waals surface area contributed by atoms with Gasteiger partial charge in [-0.25, -0.2) is 9.97 Å². The van der Waals surface area contributed by atoms with Crippen LogP contribution in [0.4, 0.5) is 5.13 Å². The summed E-state index contributed by atoms with van der Waals surface area (Å²) >= 11 is 1.62. The summed E-state index contributed by atoms with van der Waals surface area (Å²) < 4.78 is 3.51. The highest BCUT2D eigenvalue weighted by atomic mass is 32.1. The molecular weight excluding hydrogens is 340 g/mol. The molecule has 1 aromatic heterocycles.